The number of furan rings is 1. The molecule has 0 bridgehead atoms. The van der Waals surface area contributed by atoms with Gasteiger partial charge in [0.25, 0.3) is 5.91 Å². The summed E-state index contributed by atoms with van der Waals surface area (Å²) in [6.45, 7) is 5.16. The van der Waals surface area contributed by atoms with E-state index in [1.54, 1.807) is 6.20 Å². The van der Waals surface area contributed by atoms with Crippen molar-refractivity contribution in [3.8, 4) is 0 Å². The fourth-order valence-electron chi connectivity index (χ4n) is 4.35. The van der Waals surface area contributed by atoms with Gasteiger partial charge in [-0.3, -0.25) is 9.48 Å². The van der Waals surface area contributed by atoms with Crippen molar-refractivity contribution in [2.75, 3.05) is 13.1 Å². The average molecular weight is 329 g/mol. The van der Waals surface area contributed by atoms with E-state index in [2.05, 4.69) is 5.10 Å². The zero-order valence-corrected chi connectivity index (χ0v) is 14.1. The maximum absolute atomic E-state index is 12.8. The SMILES string of the molecule is Cc1cc(C(=O)N2C[C@H]3C[C@@H](n4cccn4)[C@H](O)C[C@H]3C2)c(C)o1. The lowest BCUT2D eigenvalue weighted by Crippen LogP contribution is -2.36. The lowest BCUT2D eigenvalue weighted by atomic mass is 9.77. The molecule has 3 heterocycles. The maximum atomic E-state index is 12.8. The van der Waals surface area contributed by atoms with Crippen LogP contribution in [0.25, 0.3) is 0 Å². The summed E-state index contributed by atoms with van der Waals surface area (Å²) in [5.41, 5.74) is 0.662. The normalized spacial score (nSPS) is 29.7. The highest BCUT2D eigenvalue weighted by Crippen LogP contribution is 2.41. The summed E-state index contributed by atoms with van der Waals surface area (Å²) in [4.78, 5) is 14.7. The van der Waals surface area contributed by atoms with Crippen LogP contribution in [-0.2, 0) is 0 Å². The van der Waals surface area contributed by atoms with Crippen LogP contribution in [-0.4, -0.2) is 44.9 Å². The standard InChI is InChI=1S/C18H23N3O3/c1-11-6-15(12(2)24-11)18(23)20-9-13-7-16(21-5-3-4-19-21)17(22)8-14(13)10-20/h3-6,13-14,16-17,22H,7-10H2,1-2H3/t13-,14+,16-,17-/m1/s1. The Hall–Kier alpha value is -2.08. The quantitative estimate of drug-likeness (QED) is 0.917. The van der Waals surface area contributed by atoms with Crippen molar-refractivity contribution in [3.63, 3.8) is 0 Å². The Labute approximate surface area is 141 Å². The predicted molar refractivity (Wildman–Crippen MR) is 87.6 cm³/mol. The van der Waals surface area contributed by atoms with Crippen LogP contribution in [0.4, 0.5) is 0 Å². The lowest BCUT2D eigenvalue weighted by Gasteiger charge is -2.35. The minimum absolute atomic E-state index is 0.00853. The van der Waals surface area contributed by atoms with Crippen molar-refractivity contribution in [1.29, 1.82) is 0 Å². The number of amides is 1. The molecule has 2 aromatic rings. The monoisotopic (exact) mass is 329 g/mol. The van der Waals surface area contributed by atoms with Crippen LogP contribution in [0.2, 0.25) is 0 Å². The van der Waals surface area contributed by atoms with Gasteiger partial charge in [-0.05, 0) is 50.7 Å². The van der Waals surface area contributed by atoms with Crippen molar-refractivity contribution < 1.29 is 14.3 Å². The van der Waals surface area contributed by atoms with E-state index < -0.39 is 6.10 Å². The van der Waals surface area contributed by atoms with Gasteiger partial charge in [0.05, 0.1) is 17.7 Å². The second-order valence-corrected chi connectivity index (χ2v) is 7.15. The predicted octanol–water partition coefficient (Wildman–Crippen LogP) is 2.18. The molecule has 6 heteroatoms. The van der Waals surface area contributed by atoms with Crippen LogP contribution < -0.4 is 0 Å². The van der Waals surface area contributed by atoms with E-state index in [1.807, 2.05) is 41.8 Å². The summed E-state index contributed by atoms with van der Waals surface area (Å²) >= 11 is 0. The molecule has 1 saturated carbocycles. The fraction of sp³-hybridized carbons (Fsp3) is 0.556. The number of aliphatic hydroxyl groups is 1. The molecule has 6 nitrogen and oxygen atoms in total. The molecule has 1 aliphatic carbocycles. The number of carbonyl (C=O) groups excluding carboxylic acids is 1. The highest BCUT2D eigenvalue weighted by atomic mass is 16.3. The van der Waals surface area contributed by atoms with Crippen LogP contribution in [0, 0.1) is 25.7 Å². The summed E-state index contributed by atoms with van der Waals surface area (Å²) in [5.74, 6) is 2.27. The van der Waals surface area contributed by atoms with E-state index in [-0.39, 0.29) is 11.9 Å². The Morgan fingerprint density at radius 2 is 2.04 bits per heavy atom. The van der Waals surface area contributed by atoms with Crippen LogP contribution >= 0.6 is 0 Å². The van der Waals surface area contributed by atoms with Crippen molar-refractivity contribution in [2.24, 2.45) is 11.8 Å². The summed E-state index contributed by atoms with van der Waals surface area (Å²) < 4.78 is 7.35. The van der Waals surface area contributed by atoms with Gasteiger partial charge >= 0.3 is 0 Å². The first-order chi connectivity index (χ1) is 11.5. The molecule has 24 heavy (non-hydrogen) atoms. The molecule has 2 aromatic heterocycles. The first-order valence-corrected chi connectivity index (χ1v) is 8.56. The molecule has 0 radical (unpaired) electrons. The number of aliphatic hydroxyl groups excluding tert-OH is 1. The third kappa shape index (κ3) is 2.55. The van der Waals surface area contributed by atoms with Gasteiger partial charge < -0.3 is 14.4 Å². The second-order valence-electron chi connectivity index (χ2n) is 7.15. The van der Waals surface area contributed by atoms with Crippen molar-refractivity contribution in [1.82, 2.24) is 14.7 Å². The summed E-state index contributed by atoms with van der Waals surface area (Å²) in [5, 5.41) is 14.8. The lowest BCUT2D eigenvalue weighted by molar-refractivity contribution is 0.0306. The van der Waals surface area contributed by atoms with E-state index >= 15 is 0 Å². The first-order valence-electron chi connectivity index (χ1n) is 8.56. The molecule has 0 spiro atoms. The largest absolute Gasteiger partial charge is 0.466 e. The van der Waals surface area contributed by atoms with Crippen LogP contribution in [0.5, 0.6) is 0 Å². The van der Waals surface area contributed by atoms with E-state index in [1.165, 1.54) is 0 Å². The molecule has 4 rings (SSSR count). The van der Waals surface area contributed by atoms with Crippen LogP contribution in [0.1, 0.15) is 40.8 Å². The number of aryl methyl sites for hydroxylation is 2. The molecular weight excluding hydrogens is 306 g/mol. The molecular formula is C18H23N3O3. The highest BCUT2D eigenvalue weighted by molar-refractivity contribution is 5.95. The third-order valence-corrected chi connectivity index (χ3v) is 5.53. The van der Waals surface area contributed by atoms with Gasteiger partial charge in [0, 0.05) is 25.5 Å². The third-order valence-electron chi connectivity index (χ3n) is 5.53. The number of hydrogen-bond acceptors (Lipinski definition) is 4. The van der Waals surface area contributed by atoms with Gasteiger partial charge in [-0.25, -0.2) is 0 Å². The van der Waals surface area contributed by atoms with Gasteiger partial charge in [0.2, 0.25) is 0 Å². The second kappa shape index (κ2) is 5.77. The molecule has 4 atom stereocenters. The maximum Gasteiger partial charge on any atom is 0.257 e. The fourth-order valence-corrected chi connectivity index (χ4v) is 4.35. The summed E-state index contributed by atoms with van der Waals surface area (Å²) in [6, 6.07) is 3.71. The number of nitrogens with zero attached hydrogens (tertiary/aromatic N) is 3. The Morgan fingerprint density at radius 3 is 2.67 bits per heavy atom. The molecule has 1 aliphatic heterocycles. The van der Waals surface area contributed by atoms with Crippen molar-refractivity contribution in [3.05, 3.63) is 41.6 Å². The average Bonchev–Trinajstić information content (AvgIpc) is 3.25. The first kappa shape index (κ1) is 15.4. The zero-order valence-electron chi connectivity index (χ0n) is 14.1. The molecule has 1 N–H and O–H groups in total. The van der Waals surface area contributed by atoms with Crippen LogP contribution in [0.15, 0.2) is 28.9 Å². The molecule has 0 aromatic carbocycles. The van der Waals surface area contributed by atoms with Crippen molar-refractivity contribution >= 4 is 5.91 Å². The minimum Gasteiger partial charge on any atom is -0.466 e. The van der Waals surface area contributed by atoms with E-state index in [9.17, 15) is 9.90 Å². The molecule has 1 saturated heterocycles. The number of carbonyl (C=O) groups is 1. The van der Waals surface area contributed by atoms with Gasteiger partial charge in [-0.1, -0.05) is 0 Å². The zero-order chi connectivity index (χ0) is 16.8. The summed E-state index contributed by atoms with van der Waals surface area (Å²) in [7, 11) is 0. The van der Waals surface area contributed by atoms with E-state index in [0.29, 0.717) is 23.2 Å². The Morgan fingerprint density at radius 1 is 1.29 bits per heavy atom. The Kier molecular flexibility index (Phi) is 3.72. The van der Waals surface area contributed by atoms with Crippen molar-refractivity contribution in [2.45, 2.75) is 38.8 Å². The number of likely N-dealkylation sites (tertiary alicyclic amines) is 1. The molecule has 2 aliphatic rings. The number of fused-ring (bicyclic) bond motifs is 1. The van der Waals surface area contributed by atoms with E-state index in [4.69, 9.17) is 4.42 Å². The van der Waals surface area contributed by atoms with Gasteiger partial charge in [-0.2, -0.15) is 5.10 Å². The number of hydrogen-bond donors (Lipinski definition) is 1. The summed E-state index contributed by atoms with van der Waals surface area (Å²) in [6.07, 6.45) is 4.83. The Bertz CT molecular complexity index is 737. The van der Waals surface area contributed by atoms with Gasteiger partial charge in [-0.15, -0.1) is 0 Å². The molecule has 0 unspecified atom stereocenters. The van der Waals surface area contributed by atoms with Gasteiger partial charge in [0.15, 0.2) is 0 Å². The topological polar surface area (TPSA) is 71.5 Å². The molecule has 128 valence electrons. The highest BCUT2D eigenvalue weighted by Gasteiger charge is 2.44. The smallest absolute Gasteiger partial charge is 0.257 e. The Balaban J connectivity index is 1.50. The van der Waals surface area contributed by atoms with Crippen LogP contribution in [0.3, 0.4) is 0 Å². The number of rotatable bonds is 2. The molecule has 1 amide bonds. The molecule has 2 fully saturated rings. The van der Waals surface area contributed by atoms with Gasteiger partial charge in [0.1, 0.15) is 11.5 Å². The number of aromatic nitrogens is 2. The minimum atomic E-state index is -0.404. The van der Waals surface area contributed by atoms with E-state index in [0.717, 1.165) is 31.7 Å².